The Morgan fingerprint density at radius 3 is 2.83 bits per heavy atom. The summed E-state index contributed by atoms with van der Waals surface area (Å²) in [5, 5.41) is 13.6. The zero-order chi connectivity index (χ0) is 17.3. The molecule has 0 unspecified atom stereocenters. The molecule has 1 aliphatic rings. The summed E-state index contributed by atoms with van der Waals surface area (Å²) in [7, 11) is 1.72. The fourth-order valence-electron chi connectivity index (χ4n) is 3.11. The maximum Gasteiger partial charge on any atom is 0.335 e. The van der Waals surface area contributed by atoms with Crippen molar-refractivity contribution in [3.8, 4) is 0 Å². The second-order valence-electron chi connectivity index (χ2n) is 6.02. The molecule has 1 atom stereocenters. The third-order valence-corrected chi connectivity index (χ3v) is 4.58. The van der Waals surface area contributed by atoms with E-state index in [1.807, 2.05) is 6.07 Å². The van der Waals surface area contributed by atoms with Crippen LogP contribution in [0, 0.1) is 0 Å². The lowest BCUT2D eigenvalue weighted by Gasteiger charge is -2.32. The van der Waals surface area contributed by atoms with Gasteiger partial charge in [0.25, 0.3) is 5.91 Å². The van der Waals surface area contributed by atoms with Gasteiger partial charge in [-0.3, -0.25) is 9.48 Å². The lowest BCUT2D eigenvalue weighted by Crippen LogP contribution is -2.39. The number of nitrogens with zero attached hydrogens (tertiary/aromatic N) is 3. The highest BCUT2D eigenvalue weighted by molar-refractivity contribution is 6.33. The smallest absolute Gasteiger partial charge is 0.335 e. The summed E-state index contributed by atoms with van der Waals surface area (Å²) in [5.41, 5.74) is 1.47. The van der Waals surface area contributed by atoms with Gasteiger partial charge in [0.15, 0.2) is 5.69 Å². The Bertz CT molecular complexity index is 787. The Morgan fingerprint density at radius 2 is 2.17 bits per heavy atom. The van der Waals surface area contributed by atoms with Crippen LogP contribution in [-0.2, 0) is 7.05 Å². The number of carbonyl (C=O) groups excluding carboxylic acids is 1. The van der Waals surface area contributed by atoms with E-state index in [9.17, 15) is 9.59 Å². The molecule has 2 heterocycles. The molecule has 1 saturated heterocycles. The van der Waals surface area contributed by atoms with Gasteiger partial charge < -0.3 is 10.0 Å². The Kier molecular flexibility index (Phi) is 4.57. The summed E-state index contributed by atoms with van der Waals surface area (Å²) in [4.78, 5) is 25.5. The van der Waals surface area contributed by atoms with Gasteiger partial charge in [-0.05, 0) is 30.5 Å². The van der Waals surface area contributed by atoms with Gasteiger partial charge in [-0.1, -0.05) is 23.7 Å². The first-order valence-corrected chi connectivity index (χ1v) is 8.15. The Balaban J connectivity index is 1.79. The third kappa shape index (κ3) is 3.28. The molecule has 6 nitrogen and oxygen atoms in total. The number of carboxylic acids is 1. The Labute approximate surface area is 144 Å². The molecule has 0 saturated carbocycles. The molecular formula is C17H18ClN3O3. The minimum absolute atomic E-state index is 0.115. The molecule has 1 aromatic carbocycles. The first kappa shape index (κ1) is 16.5. The maximum atomic E-state index is 12.7. The summed E-state index contributed by atoms with van der Waals surface area (Å²) >= 11 is 6.07. The van der Waals surface area contributed by atoms with Crippen LogP contribution in [0.15, 0.2) is 30.5 Å². The highest BCUT2D eigenvalue weighted by Gasteiger charge is 2.28. The van der Waals surface area contributed by atoms with Crippen LogP contribution in [0.25, 0.3) is 0 Å². The zero-order valence-electron chi connectivity index (χ0n) is 13.3. The van der Waals surface area contributed by atoms with Crippen molar-refractivity contribution in [1.29, 1.82) is 0 Å². The molecule has 2 aromatic rings. The van der Waals surface area contributed by atoms with E-state index in [-0.39, 0.29) is 23.1 Å². The van der Waals surface area contributed by atoms with Crippen LogP contribution in [0.2, 0.25) is 5.02 Å². The van der Waals surface area contributed by atoms with Gasteiger partial charge in [0.1, 0.15) is 0 Å². The van der Waals surface area contributed by atoms with Gasteiger partial charge in [0, 0.05) is 32.3 Å². The quantitative estimate of drug-likeness (QED) is 0.926. The summed E-state index contributed by atoms with van der Waals surface area (Å²) in [5.74, 6) is -1.01. The first-order chi connectivity index (χ1) is 11.5. The largest absolute Gasteiger partial charge is 0.478 e. The number of hydrogen-bond acceptors (Lipinski definition) is 3. The zero-order valence-corrected chi connectivity index (χ0v) is 14.0. The van der Waals surface area contributed by atoms with E-state index < -0.39 is 5.97 Å². The van der Waals surface area contributed by atoms with Crippen molar-refractivity contribution < 1.29 is 14.7 Å². The number of amides is 1. The molecule has 126 valence electrons. The molecule has 0 aliphatic carbocycles. The average Bonchev–Trinajstić information content (AvgIpc) is 2.92. The predicted octanol–water partition coefficient (Wildman–Crippen LogP) is 2.79. The van der Waals surface area contributed by atoms with Crippen molar-refractivity contribution in [2.75, 3.05) is 13.1 Å². The predicted molar refractivity (Wildman–Crippen MR) is 89.5 cm³/mol. The van der Waals surface area contributed by atoms with Crippen LogP contribution in [0.5, 0.6) is 0 Å². The molecule has 0 radical (unpaired) electrons. The van der Waals surface area contributed by atoms with E-state index in [2.05, 4.69) is 5.10 Å². The van der Waals surface area contributed by atoms with Crippen molar-refractivity contribution >= 4 is 23.5 Å². The number of benzene rings is 1. The number of hydrogen-bond donors (Lipinski definition) is 1. The summed E-state index contributed by atoms with van der Waals surface area (Å²) in [6.45, 7) is 1.19. The Morgan fingerprint density at radius 1 is 1.38 bits per heavy atom. The minimum atomic E-state index is -0.944. The molecular weight excluding hydrogens is 330 g/mol. The molecule has 7 heteroatoms. The van der Waals surface area contributed by atoms with E-state index in [1.165, 1.54) is 4.68 Å². The highest BCUT2D eigenvalue weighted by atomic mass is 35.5. The maximum absolute atomic E-state index is 12.7. The van der Waals surface area contributed by atoms with Crippen LogP contribution in [0.4, 0.5) is 0 Å². The average molecular weight is 348 g/mol. The molecule has 1 aromatic heterocycles. The number of aromatic carboxylic acids is 1. The SMILES string of the molecule is Cn1cc(Cl)c(C(=O)N2CCC[C@@H](c3cccc(C(=O)O)c3)C2)n1. The van der Waals surface area contributed by atoms with Crippen molar-refractivity contribution in [3.05, 3.63) is 52.3 Å². The van der Waals surface area contributed by atoms with Gasteiger partial charge in [-0.25, -0.2) is 4.79 Å². The number of rotatable bonds is 3. The molecule has 1 aliphatic heterocycles. The normalized spacial score (nSPS) is 17.8. The number of piperidine rings is 1. The lowest BCUT2D eigenvalue weighted by atomic mass is 9.89. The second kappa shape index (κ2) is 6.65. The molecule has 1 amide bonds. The fraction of sp³-hybridized carbons (Fsp3) is 0.353. The van der Waals surface area contributed by atoms with E-state index in [0.29, 0.717) is 18.1 Å². The first-order valence-electron chi connectivity index (χ1n) is 7.77. The number of likely N-dealkylation sites (tertiary alicyclic amines) is 1. The molecule has 1 N–H and O–H groups in total. The van der Waals surface area contributed by atoms with Crippen LogP contribution in [0.3, 0.4) is 0 Å². The summed E-state index contributed by atoms with van der Waals surface area (Å²) in [6.07, 6.45) is 3.38. The standard InChI is InChI=1S/C17H18ClN3O3/c1-20-10-14(18)15(19-20)16(22)21-7-3-6-13(9-21)11-4-2-5-12(8-11)17(23)24/h2,4-5,8,10,13H,3,6-7,9H2,1H3,(H,23,24)/t13-/m1/s1. The monoisotopic (exact) mass is 347 g/mol. The molecule has 0 bridgehead atoms. The van der Waals surface area contributed by atoms with Gasteiger partial charge in [0.2, 0.25) is 0 Å². The van der Waals surface area contributed by atoms with Gasteiger partial charge >= 0.3 is 5.97 Å². The number of halogens is 1. The number of aromatic nitrogens is 2. The van der Waals surface area contributed by atoms with Crippen molar-refractivity contribution in [2.45, 2.75) is 18.8 Å². The van der Waals surface area contributed by atoms with E-state index in [4.69, 9.17) is 16.7 Å². The van der Waals surface area contributed by atoms with Crippen LogP contribution >= 0.6 is 11.6 Å². The molecule has 3 rings (SSSR count). The Hall–Kier alpha value is -2.34. The number of carboxylic acid groups (broad SMARTS) is 1. The van der Waals surface area contributed by atoms with Crippen molar-refractivity contribution in [3.63, 3.8) is 0 Å². The van der Waals surface area contributed by atoms with Crippen LogP contribution in [-0.4, -0.2) is 44.8 Å². The van der Waals surface area contributed by atoms with Gasteiger partial charge in [0.05, 0.1) is 10.6 Å². The third-order valence-electron chi connectivity index (χ3n) is 4.30. The van der Waals surface area contributed by atoms with Gasteiger partial charge in [-0.15, -0.1) is 0 Å². The van der Waals surface area contributed by atoms with Gasteiger partial charge in [-0.2, -0.15) is 5.10 Å². The van der Waals surface area contributed by atoms with E-state index >= 15 is 0 Å². The van der Waals surface area contributed by atoms with Crippen molar-refractivity contribution in [1.82, 2.24) is 14.7 Å². The number of carbonyl (C=O) groups is 2. The molecule has 24 heavy (non-hydrogen) atoms. The topological polar surface area (TPSA) is 75.4 Å². The number of aryl methyl sites for hydroxylation is 1. The van der Waals surface area contributed by atoms with Crippen molar-refractivity contribution in [2.24, 2.45) is 7.05 Å². The molecule has 0 spiro atoms. The summed E-state index contributed by atoms with van der Waals surface area (Å²) in [6, 6.07) is 6.92. The summed E-state index contributed by atoms with van der Waals surface area (Å²) < 4.78 is 1.52. The van der Waals surface area contributed by atoms with E-state index in [0.717, 1.165) is 18.4 Å². The minimum Gasteiger partial charge on any atom is -0.478 e. The second-order valence-corrected chi connectivity index (χ2v) is 6.43. The van der Waals surface area contributed by atoms with Crippen LogP contribution in [0.1, 0.15) is 45.2 Å². The fourth-order valence-corrected chi connectivity index (χ4v) is 3.37. The van der Waals surface area contributed by atoms with E-state index in [1.54, 1.807) is 36.3 Å². The highest BCUT2D eigenvalue weighted by Crippen LogP contribution is 2.29. The van der Waals surface area contributed by atoms with Crippen LogP contribution < -0.4 is 0 Å². The molecule has 1 fully saturated rings. The lowest BCUT2D eigenvalue weighted by molar-refractivity contribution is 0.0685.